The largest absolute Gasteiger partial charge is 0.281 e. The number of H-pyrrole nitrogens is 1. The molecule has 0 saturated carbocycles. The Morgan fingerprint density at radius 3 is 2.81 bits per heavy atom. The topological polar surface area (TPSA) is 92.7 Å². The van der Waals surface area contributed by atoms with Crippen LogP contribution < -0.4 is 4.72 Å². The fourth-order valence-corrected chi connectivity index (χ4v) is 2.38. The molecule has 0 aliphatic heterocycles. The summed E-state index contributed by atoms with van der Waals surface area (Å²) in [6, 6.07) is 3.14. The molecule has 2 aromatic heterocycles. The Morgan fingerprint density at radius 1 is 1.44 bits per heavy atom. The number of rotatable bonds is 4. The minimum atomic E-state index is -3.52. The van der Waals surface area contributed by atoms with Crippen LogP contribution in [-0.4, -0.2) is 28.4 Å². The number of nitrogens with zero attached hydrogens (tertiary/aromatic N) is 3. The van der Waals surface area contributed by atoms with Gasteiger partial charge in [-0.2, -0.15) is 10.2 Å². The SMILES string of the molecule is Cn1nccc1S(=O)(=O)NCc1ccn[nH]1. The summed E-state index contributed by atoms with van der Waals surface area (Å²) in [5.41, 5.74) is 0.700. The first-order valence-corrected chi connectivity index (χ1v) is 6.04. The van der Waals surface area contributed by atoms with Crippen molar-refractivity contribution in [1.82, 2.24) is 24.7 Å². The fraction of sp³-hybridized carbons (Fsp3) is 0.250. The van der Waals surface area contributed by atoms with Crippen LogP contribution >= 0.6 is 0 Å². The molecule has 86 valence electrons. The lowest BCUT2D eigenvalue weighted by Gasteiger charge is -2.05. The standard InChI is InChI=1S/C8H11N5O2S/c1-13-8(3-5-10-13)16(14,15)11-6-7-2-4-9-12-7/h2-5,11H,6H2,1H3,(H,9,12). The molecule has 0 fully saturated rings. The third kappa shape index (κ3) is 2.12. The minimum absolute atomic E-state index is 0.131. The Morgan fingerprint density at radius 2 is 2.25 bits per heavy atom. The molecular formula is C8H11N5O2S. The van der Waals surface area contributed by atoms with Gasteiger partial charge in [-0.3, -0.25) is 9.78 Å². The van der Waals surface area contributed by atoms with Gasteiger partial charge in [0, 0.05) is 13.2 Å². The van der Waals surface area contributed by atoms with Crippen LogP contribution in [0, 0.1) is 0 Å². The number of hydrogen-bond donors (Lipinski definition) is 2. The molecule has 2 rings (SSSR count). The van der Waals surface area contributed by atoms with E-state index in [0.29, 0.717) is 5.69 Å². The second kappa shape index (κ2) is 4.06. The smallest absolute Gasteiger partial charge is 0.258 e. The van der Waals surface area contributed by atoms with Gasteiger partial charge in [0.25, 0.3) is 10.0 Å². The van der Waals surface area contributed by atoms with Crippen LogP contribution in [0.2, 0.25) is 0 Å². The molecular weight excluding hydrogens is 230 g/mol. The molecule has 0 aliphatic rings. The first kappa shape index (κ1) is 10.8. The van der Waals surface area contributed by atoms with Crippen LogP contribution in [0.5, 0.6) is 0 Å². The number of hydrogen-bond acceptors (Lipinski definition) is 4. The summed E-state index contributed by atoms with van der Waals surface area (Å²) in [6.07, 6.45) is 3.00. The number of nitrogens with one attached hydrogen (secondary N) is 2. The quantitative estimate of drug-likeness (QED) is 0.763. The minimum Gasteiger partial charge on any atom is -0.281 e. The van der Waals surface area contributed by atoms with Gasteiger partial charge >= 0.3 is 0 Å². The molecule has 2 heterocycles. The molecule has 2 aromatic rings. The predicted octanol–water partition coefficient (Wildman–Crippen LogP) is -0.378. The summed E-state index contributed by atoms with van der Waals surface area (Å²) in [5.74, 6) is 0. The summed E-state index contributed by atoms with van der Waals surface area (Å²) >= 11 is 0. The van der Waals surface area contributed by atoms with Gasteiger partial charge in [0.2, 0.25) is 0 Å². The van der Waals surface area contributed by atoms with Gasteiger partial charge in [-0.1, -0.05) is 0 Å². The van der Waals surface area contributed by atoms with E-state index in [1.54, 1.807) is 19.3 Å². The van der Waals surface area contributed by atoms with Crippen molar-refractivity contribution in [3.63, 3.8) is 0 Å². The highest BCUT2D eigenvalue weighted by molar-refractivity contribution is 7.89. The Kier molecular flexibility index (Phi) is 2.75. The zero-order chi connectivity index (χ0) is 11.6. The highest BCUT2D eigenvalue weighted by atomic mass is 32.2. The van der Waals surface area contributed by atoms with Crippen molar-refractivity contribution < 1.29 is 8.42 Å². The Bertz CT molecular complexity index is 557. The highest BCUT2D eigenvalue weighted by Gasteiger charge is 2.17. The average Bonchev–Trinajstić information content (AvgIpc) is 2.85. The van der Waals surface area contributed by atoms with Crippen LogP contribution in [0.25, 0.3) is 0 Å². The zero-order valence-corrected chi connectivity index (χ0v) is 9.40. The van der Waals surface area contributed by atoms with Crippen LogP contribution in [0.3, 0.4) is 0 Å². The van der Waals surface area contributed by atoms with Gasteiger partial charge in [-0.15, -0.1) is 0 Å². The predicted molar refractivity (Wildman–Crippen MR) is 55.8 cm³/mol. The first-order chi connectivity index (χ1) is 7.59. The van der Waals surface area contributed by atoms with Crippen molar-refractivity contribution in [3.05, 3.63) is 30.2 Å². The van der Waals surface area contributed by atoms with E-state index in [4.69, 9.17) is 0 Å². The molecule has 7 nitrogen and oxygen atoms in total. The van der Waals surface area contributed by atoms with Crippen molar-refractivity contribution in [3.8, 4) is 0 Å². The Balaban J connectivity index is 2.13. The maximum Gasteiger partial charge on any atom is 0.258 e. The summed E-state index contributed by atoms with van der Waals surface area (Å²) in [4.78, 5) is 0. The summed E-state index contributed by atoms with van der Waals surface area (Å²) in [6.45, 7) is 0.174. The molecule has 0 atom stereocenters. The zero-order valence-electron chi connectivity index (χ0n) is 8.58. The summed E-state index contributed by atoms with van der Waals surface area (Å²) in [5, 5.41) is 10.3. The van der Waals surface area contributed by atoms with Crippen molar-refractivity contribution >= 4 is 10.0 Å². The molecule has 0 aromatic carbocycles. The van der Waals surface area contributed by atoms with E-state index in [-0.39, 0.29) is 11.6 Å². The van der Waals surface area contributed by atoms with Gasteiger partial charge in [0.1, 0.15) is 0 Å². The molecule has 8 heteroatoms. The lowest BCUT2D eigenvalue weighted by molar-refractivity contribution is 0.562. The number of aryl methyl sites for hydroxylation is 1. The summed E-state index contributed by atoms with van der Waals surface area (Å²) in [7, 11) is -1.95. The number of aromatic amines is 1. The van der Waals surface area contributed by atoms with E-state index >= 15 is 0 Å². The van der Waals surface area contributed by atoms with E-state index < -0.39 is 10.0 Å². The molecule has 2 N–H and O–H groups in total. The van der Waals surface area contributed by atoms with Crippen molar-refractivity contribution in [1.29, 1.82) is 0 Å². The average molecular weight is 241 g/mol. The second-order valence-electron chi connectivity index (χ2n) is 3.20. The second-order valence-corrected chi connectivity index (χ2v) is 4.91. The monoisotopic (exact) mass is 241 g/mol. The lowest BCUT2D eigenvalue weighted by atomic mass is 10.4. The van der Waals surface area contributed by atoms with Crippen LogP contribution in [0.1, 0.15) is 5.69 Å². The third-order valence-electron chi connectivity index (χ3n) is 2.06. The van der Waals surface area contributed by atoms with Gasteiger partial charge in [-0.05, 0) is 12.1 Å². The third-order valence-corrected chi connectivity index (χ3v) is 3.54. The molecule has 0 unspecified atom stereocenters. The maximum absolute atomic E-state index is 11.8. The molecule has 0 amide bonds. The van der Waals surface area contributed by atoms with E-state index in [0.717, 1.165) is 0 Å². The molecule has 0 saturated heterocycles. The van der Waals surface area contributed by atoms with Crippen LogP contribution in [0.15, 0.2) is 29.6 Å². The van der Waals surface area contributed by atoms with Gasteiger partial charge in [0.15, 0.2) is 5.03 Å². The maximum atomic E-state index is 11.8. The first-order valence-electron chi connectivity index (χ1n) is 4.55. The molecule has 0 aliphatic carbocycles. The van der Waals surface area contributed by atoms with Gasteiger partial charge < -0.3 is 0 Å². The van der Waals surface area contributed by atoms with Gasteiger partial charge in [-0.25, -0.2) is 13.1 Å². The molecule has 0 spiro atoms. The number of sulfonamides is 1. The Labute approximate surface area is 92.5 Å². The van der Waals surface area contributed by atoms with E-state index in [9.17, 15) is 8.42 Å². The molecule has 0 radical (unpaired) electrons. The summed E-state index contributed by atoms with van der Waals surface area (Å²) < 4.78 is 27.4. The van der Waals surface area contributed by atoms with Crippen LogP contribution in [0.4, 0.5) is 0 Å². The molecule has 0 bridgehead atoms. The van der Waals surface area contributed by atoms with Crippen molar-refractivity contribution in [2.24, 2.45) is 7.05 Å². The van der Waals surface area contributed by atoms with E-state index in [1.165, 1.54) is 16.9 Å². The van der Waals surface area contributed by atoms with Crippen molar-refractivity contribution in [2.75, 3.05) is 0 Å². The van der Waals surface area contributed by atoms with Gasteiger partial charge in [0.05, 0.1) is 18.4 Å². The van der Waals surface area contributed by atoms with Crippen molar-refractivity contribution in [2.45, 2.75) is 11.6 Å². The fourth-order valence-electron chi connectivity index (χ4n) is 1.26. The Hall–Kier alpha value is -1.67. The number of aromatic nitrogens is 4. The molecule has 16 heavy (non-hydrogen) atoms. The van der Waals surface area contributed by atoms with Crippen LogP contribution in [-0.2, 0) is 23.6 Å². The van der Waals surface area contributed by atoms with E-state index in [2.05, 4.69) is 20.0 Å². The normalized spacial score (nSPS) is 11.8. The lowest BCUT2D eigenvalue weighted by Crippen LogP contribution is -2.25. The highest BCUT2D eigenvalue weighted by Crippen LogP contribution is 2.06. The van der Waals surface area contributed by atoms with E-state index in [1.807, 2.05) is 0 Å².